The highest BCUT2D eigenvalue weighted by atomic mass is 16.5. The van der Waals surface area contributed by atoms with Gasteiger partial charge in [0.2, 0.25) is 0 Å². The number of rotatable bonds is 5. The van der Waals surface area contributed by atoms with Gasteiger partial charge >= 0.3 is 0 Å². The van der Waals surface area contributed by atoms with E-state index in [9.17, 15) is 0 Å². The summed E-state index contributed by atoms with van der Waals surface area (Å²) in [5, 5.41) is 3.63. The minimum absolute atomic E-state index is 0.684. The summed E-state index contributed by atoms with van der Waals surface area (Å²) >= 11 is 0. The molecule has 0 spiro atoms. The topological polar surface area (TPSA) is 21.3 Å². The number of hydrogen-bond donors (Lipinski definition) is 1. The molecule has 2 heteroatoms. The minimum Gasteiger partial charge on any atom is -0.494 e. The van der Waals surface area contributed by atoms with Crippen molar-refractivity contribution in [2.45, 2.75) is 45.6 Å². The Morgan fingerprint density at radius 1 is 1.33 bits per heavy atom. The Hall–Kier alpha value is -1.02. The average molecular weight is 247 g/mol. The van der Waals surface area contributed by atoms with E-state index in [-0.39, 0.29) is 0 Å². The normalized spacial score (nSPS) is 23.9. The first kappa shape index (κ1) is 13.4. The zero-order valence-corrected chi connectivity index (χ0v) is 11.6. The molecule has 0 amide bonds. The van der Waals surface area contributed by atoms with Gasteiger partial charge in [-0.25, -0.2) is 0 Å². The second-order valence-corrected chi connectivity index (χ2v) is 5.36. The third-order valence-electron chi connectivity index (χ3n) is 3.79. The van der Waals surface area contributed by atoms with Crippen LogP contribution < -0.4 is 10.1 Å². The molecule has 1 aromatic rings. The van der Waals surface area contributed by atoms with Crippen molar-refractivity contribution in [2.75, 3.05) is 13.2 Å². The molecule has 100 valence electrons. The third kappa shape index (κ3) is 3.74. The average Bonchev–Trinajstić information content (AvgIpc) is 2.38. The van der Waals surface area contributed by atoms with Gasteiger partial charge in [0.25, 0.3) is 0 Å². The van der Waals surface area contributed by atoms with E-state index in [0.29, 0.717) is 6.04 Å². The van der Waals surface area contributed by atoms with E-state index in [1.54, 1.807) is 0 Å². The Morgan fingerprint density at radius 3 is 2.94 bits per heavy atom. The highest BCUT2D eigenvalue weighted by Gasteiger charge is 2.18. The lowest BCUT2D eigenvalue weighted by Crippen LogP contribution is -2.37. The van der Waals surface area contributed by atoms with Crippen molar-refractivity contribution in [3.8, 4) is 5.75 Å². The Labute approximate surface area is 111 Å². The van der Waals surface area contributed by atoms with E-state index in [1.165, 1.54) is 31.4 Å². The van der Waals surface area contributed by atoms with Gasteiger partial charge in [-0.05, 0) is 56.7 Å². The molecule has 2 nitrogen and oxygen atoms in total. The number of benzene rings is 1. The molecule has 0 bridgehead atoms. The van der Waals surface area contributed by atoms with Crippen LogP contribution in [0.4, 0.5) is 0 Å². The van der Waals surface area contributed by atoms with Gasteiger partial charge in [-0.1, -0.05) is 25.1 Å². The van der Waals surface area contributed by atoms with Gasteiger partial charge < -0.3 is 10.1 Å². The van der Waals surface area contributed by atoms with E-state index in [1.807, 2.05) is 6.92 Å². The van der Waals surface area contributed by atoms with Crippen molar-refractivity contribution in [3.05, 3.63) is 29.8 Å². The van der Waals surface area contributed by atoms with Gasteiger partial charge in [0.1, 0.15) is 5.75 Å². The predicted octanol–water partition coefficient (Wildman–Crippen LogP) is 3.41. The zero-order valence-electron chi connectivity index (χ0n) is 11.6. The van der Waals surface area contributed by atoms with Crippen molar-refractivity contribution >= 4 is 0 Å². The van der Waals surface area contributed by atoms with Crippen LogP contribution >= 0.6 is 0 Å². The Bertz CT molecular complexity index is 364. The van der Waals surface area contributed by atoms with E-state index < -0.39 is 0 Å². The van der Waals surface area contributed by atoms with Crippen molar-refractivity contribution < 1.29 is 4.74 Å². The SMILES string of the molecule is CCOc1ccccc1CCC1CC(C)CCN1. The van der Waals surface area contributed by atoms with Crippen molar-refractivity contribution in [1.29, 1.82) is 0 Å². The van der Waals surface area contributed by atoms with E-state index in [0.717, 1.165) is 24.7 Å². The van der Waals surface area contributed by atoms with Crippen LogP contribution in [-0.4, -0.2) is 19.2 Å². The second kappa shape index (κ2) is 6.79. The molecule has 2 unspecified atom stereocenters. The van der Waals surface area contributed by atoms with Crippen molar-refractivity contribution in [3.63, 3.8) is 0 Å². The molecule has 0 aromatic heterocycles. The maximum Gasteiger partial charge on any atom is 0.122 e. The molecule has 0 radical (unpaired) electrons. The lowest BCUT2D eigenvalue weighted by molar-refractivity contribution is 0.305. The summed E-state index contributed by atoms with van der Waals surface area (Å²) in [4.78, 5) is 0. The number of nitrogens with one attached hydrogen (secondary N) is 1. The minimum atomic E-state index is 0.684. The molecule has 18 heavy (non-hydrogen) atoms. The van der Waals surface area contributed by atoms with E-state index in [2.05, 4.69) is 36.5 Å². The lowest BCUT2D eigenvalue weighted by atomic mass is 9.91. The summed E-state index contributed by atoms with van der Waals surface area (Å²) in [5.41, 5.74) is 1.35. The first-order valence-electron chi connectivity index (χ1n) is 7.23. The Kier molecular flexibility index (Phi) is 5.06. The number of aryl methyl sites for hydroxylation is 1. The fraction of sp³-hybridized carbons (Fsp3) is 0.625. The summed E-state index contributed by atoms with van der Waals surface area (Å²) in [6.45, 7) is 6.33. The molecule has 2 rings (SSSR count). The monoisotopic (exact) mass is 247 g/mol. The maximum absolute atomic E-state index is 5.68. The molecule has 1 N–H and O–H groups in total. The summed E-state index contributed by atoms with van der Waals surface area (Å²) in [6.07, 6.45) is 4.97. The van der Waals surface area contributed by atoms with Gasteiger partial charge in [0.15, 0.2) is 0 Å². The van der Waals surface area contributed by atoms with Crippen LogP contribution in [0.1, 0.15) is 38.7 Å². The molecule has 1 saturated heterocycles. The van der Waals surface area contributed by atoms with Crippen molar-refractivity contribution in [1.82, 2.24) is 5.32 Å². The van der Waals surface area contributed by atoms with Crippen LogP contribution in [0.15, 0.2) is 24.3 Å². The molecular weight excluding hydrogens is 222 g/mol. The van der Waals surface area contributed by atoms with Gasteiger partial charge in [0, 0.05) is 6.04 Å². The van der Waals surface area contributed by atoms with Gasteiger partial charge in [-0.3, -0.25) is 0 Å². The highest BCUT2D eigenvalue weighted by molar-refractivity contribution is 5.33. The smallest absolute Gasteiger partial charge is 0.122 e. The lowest BCUT2D eigenvalue weighted by Gasteiger charge is -2.28. The highest BCUT2D eigenvalue weighted by Crippen LogP contribution is 2.23. The maximum atomic E-state index is 5.68. The number of hydrogen-bond acceptors (Lipinski definition) is 2. The summed E-state index contributed by atoms with van der Waals surface area (Å²) in [7, 11) is 0. The number of ether oxygens (including phenoxy) is 1. The third-order valence-corrected chi connectivity index (χ3v) is 3.79. The van der Waals surface area contributed by atoms with Crippen LogP contribution in [0.25, 0.3) is 0 Å². The Morgan fingerprint density at radius 2 is 2.17 bits per heavy atom. The summed E-state index contributed by atoms with van der Waals surface area (Å²) in [5.74, 6) is 1.93. The predicted molar refractivity (Wildman–Crippen MR) is 76.1 cm³/mol. The van der Waals surface area contributed by atoms with E-state index in [4.69, 9.17) is 4.74 Å². The number of piperidine rings is 1. The fourth-order valence-corrected chi connectivity index (χ4v) is 2.78. The largest absolute Gasteiger partial charge is 0.494 e. The molecule has 1 aliphatic heterocycles. The molecule has 0 saturated carbocycles. The van der Waals surface area contributed by atoms with Crippen LogP contribution in [-0.2, 0) is 6.42 Å². The van der Waals surface area contributed by atoms with Crippen LogP contribution in [0.5, 0.6) is 5.75 Å². The fourth-order valence-electron chi connectivity index (χ4n) is 2.78. The second-order valence-electron chi connectivity index (χ2n) is 5.36. The molecule has 1 heterocycles. The first-order valence-corrected chi connectivity index (χ1v) is 7.23. The summed E-state index contributed by atoms with van der Waals surface area (Å²) in [6, 6.07) is 9.11. The first-order chi connectivity index (χ1) is 8.79. The quantitative estimate of drug-likeness (QED) is 0.861. The van der Waals surface area contributed by atoms with Crippen LogP contribution in [0.2, 0.25) is 0 Å². The number of para-hydroxylation sites is 1. The van der Waals surface area contributed by atoms with Crippen molar-refractivity contribution in [2.24, 2.45) is 5.92 Å². The van der Waals surface area contributed by atoms with Gasteiger partial charge in [-0.2, -0.15) is 0 Å². The molecule has 1 aromatic carbocycles. The van der Waals surface area contributed by atoms with Gasteiger partial charge in [0.05, 0.1) is 6.61 Å². The summed E-state index contributed by atoms with van der Waals surface area (Å²) < 4.78 is 5.68. The zero-order chi connectivity index (χ0) is 12.8. The van der Waals surface area contributed by atoms with E-state index >= 15 is 0 Å². The standard InChI is InChI=1S/C16H25NO/c1-3-18-16-7-5-4-6-14(16)8-9-15-12-13(2)10-11-17-15/h4-7,13,15,17H,3,8-12H2,1-2H3. The molecular formula is C16H25NO. The molecule has 1 fully saturated rings. The van der Waals surface area contributed by atoms with Crippen LogP contribution in [0.3, 0.4) is 0 Å². The Balaban J connectivity index is 1.89. The molecule has 0 aliphatic carbocycles. The van der Waals surface area contributed by atoms with Crippen LogP contribution in [0, 0.1) is 5.92 Å². The molecule has 2 atom stereocenters. The molecule has 1 aliphatic rings. The van der Waals surface area contributed by atoms with Gasteiger partial charge in [-0.15, -0.1) is 0 Å².